The van der Waals surface area contributed by atoms with Crippen molar-refractivity contribution in [2.45, 2.75) is 11.1 Å². The Kier molecular flexibility index (Phi) is 3.62. The first-order valence-electron chi connectivity index (χ1n) is 3.67. The Morgan fingerprint density at radius 1 is 1.53 bits per heavy atom. The van der Waals surface area contributed by atoms with Crippen LogP contribution in [0, 0.1) is 0 Å². The summed E-state index contributed by atoms with van der Waals surface area (Å²) in [5.41, 5.74) is -1.05. The van der Waals surface area contributed by atoms with Crippen LogP contribution in [0.5, 0.6) is 0 Å². The number of nitrogens with zero attached hydrogens (tertiary/aromatic N) is 1. The zero-order chi connectivity index (χ0) is 11.6. The van der Waals surface area contributed by atoms with Crippen LogP contribution in [0.4, 0.5) is 13.2 Å². The molecule has 0 aliphatic carbocycles. The van der Waals surface area contributed by atoms with Crippen LogP contribution in [-0.4, -0.2) is 16.5 Å². The first kappa shape index (κ1) is 12.3. The molecule has 1 heterocycles. The van der Waals surface area contributed by atoms with Crippen molar-refractivity contribution in [3.8, 4) is 0 Å². The largest absolute Gasteiger partial charge is 0.417 e. The Morgan fingerprint density at radius 2 is 2.13 bits per heavy atom. The summed E-state index contributed by atoms with van der Waals surface area (Å²) >= 11 is 6.14. The highest BCUT2D eigenvalue weighted by atomic mass is 35.5. The lowest BCUT2D eigenvalue weighted by Crippen LogP contribution is -2.08. The van der Waals surface area contributed by atoms with Gasteiger partial charge in [0.25, 0.3) is 5.24 Å². The molecule has 82 valence electrons. The van der Waals surface area contributed by atoms with E-state index in [9.17, 15) is 18.0 Å². The van der Waals surface area contributed by atoms with Gasteiger partial charge in [-0.2, -0.15) is 13.2 Å². The van der Waals surface area contributed by atoms with Crippen LogP contribution in [0.25, 0.3) is 0 Å². The van der Waals surface area contributed by atoms with E-state index in [0.717, 1.165) is 17.8 Å². The van der Waals surface area contributed by atoms with Gasteiger partial charge < -0.3 is 0 Å². The average Bonchev–Trinajstić information content (AvgIpc) is 2.15. The van der Waals surface area contributed by atoms with Gasteiger partial charge in [-0.1, -0.05) is 0 Å². The van der Waals surface area contributed by atoms with Crippen molar-refractivity contribution in [1.29, 1.82) is 0 Å². The number of hydrogen-bond acceptors (Lipinski definition) is 3. The van der Waals surface area contributed by atoms with E-state index in [1.165, 1.54) is 0 Å². The minimum atomic E-state index is -4.47. The fourth-order valence-corrected chi connectivity index (χ4v) is 1.69. The molecular formula is C8H5ClF3NOS. The number of carbonyl (C=O) groups is 1. The number of pyridine rings is 1. The Labute approximate surface area is 92.8 Å². The van der Waals surface area contributed by atoms with Crippen molar-refractivity contribution < 1.29 is 18.0 Å². The smallest absolute Gasteiger partial charge is 0.274 e. The summed E-state index contributed by atoms with van der Waals surface area (Å²) in [7, 11) is 0. The Bertz CT molecular complexity index is 394. The van der Waals surface area contributed by atoms with E-state index in [0.29, 0.717) is 6.20 Å². The van der Waals surface area contributed by atoms with Gasteiger partial charge in [-0.25, -0.2) is 4.98 Å². The molecule has 15 heavy (non-hydrogen) atoms. The minimum Gasteiger partial charge on any atom is -0.274 e. The summed E-state index contributed by atoms with van der Waals surface area (Å²) in [6.45, 7) is 0. The molecule has 2 nitrogen and oxygen atoms in total. The fraction of sp³-hybridized carbons (Fsp3) is 0.250. The molecule has 0 atom stereocenters. The van der Waals surface area contributed by atoms with Gasteiger partial charge >= 0.3 is 6.18 Å². The van der Waals surface area contributed by atoms with Gasteiger partial charge in [0.1, 0.15) is 5.69 Å². The van der Waals surface area contributed by atoms with E-state index in [2.05, 4.69) is 4.98 Å². The standard InChI is InChI=1S/C8H5ClF3NOS/c1-15-5-2-4(8(10,11)12)3-13-6(5)7(9)14/h2-3H,1H3. The topological polar surface area (TPSA) is 30.0 Å². The highest BCUT2D eigenvalue weighted by molar-refractivity contribution is 7.98. The number of aromatic nitrogens is 1. The minimum absolute atomic E-state index is 0.116. The average molecular weight is 256 g/mol. The van der Waals surface area contributed by atoms with E-state index in [4.69, 9.17) is 11.6 Å². The van der Waals surface area contributed by atoms with Crippen molar-refractivity contribution in [2.75, 3.05) is 6.26 Å². The molecule has 0 aliphatic rings. The van der Waals surface area contributed by atoms with Gasteiger partial charge in [0.15, 0.2) is 0 Å². The van der Waals surface area contributed by atoms with Gasteiger partial charge in [0.05, 0.1) is 5.56 Å². The molecule has 0 aliphatic heterocycles. The molecule has 0 saturated carbocycles. The van der Waals surface area contributed by atoms with Crippen LogP contribution in [0.15, 0.2) is 17.2 Å². The molecule has 1 aromatic heterocycles. The third kappa shape index (κ3) is 2.85. The van der Waals surface area contributed by atoms with Gasteiger partial charge in [-0.15, -0.1) is 11.8 Å². The Balaban J connectivity index is 3.25. The first-order valence-corrected chi connectivity index (χ1v) is 5.27. The van der Waals surface area contributed by atoms with Crippen molar-refractivity contribution in [1.82, 2.24) is 4.98 Å². The molecule has 0 aromatic carbocycles. The third-order valence-electron chi connectivity index (χ3n) is 1.59. The Morgan fingerprint density at radius 3 is 2.53 bits per heavy atom. The molecule has 0 amide bonds. The summed E-state index contributed by atoms with van der Waals surface area (Å²) in [6.07, 6.45) is -2.33. The monoisotopic (exact) mass is 255 g/mol. The number of rotatable bonds is 2. The summed E-state index contributed by atoms with van der Waals surface area (Å²) in [5.74, 6) is 0. The number of hydrogen-bond donors (Lipinski definition) is 0. The molecular weight excluding hydrogens is 251 g/mol. The highest BCUT2D eigenvalue weighted by Gasteiger charge is 2.32. The molecule has 1 aromatic rings. The highest BCUT2D eigenvalue weighted by Crippen LogP contribution is 2.32. The lowest BCUT2D eigenvalue weighted by Gasteiger charge is -2.08. The SMILES string of the molecule is CSc1cc(C(F)(F)F)cnc1C(=O)Cl. The normalized spacial score (nSPS) is 11.5. The molecule has 0 spiro atoms. The van der Waals surface area contributed by atoms with Crippen LogP contribution in [0.2, 0.25) is 0 Å². The quantitative estimate of drug-likeness (QED) is 0.600. The maximum Gasteiger partial charge on any atom is 0.417 e. The number of thioether (sulfide) groups is 1. The fourth-order valence-electron chi connectivity index (χ4n) is 0.903. The van der Waals surface area contributed by atoms with Crippen molar-refractivity contribution in [3.63, 3.8) is 0 Å². The van der Waals surface area contributed by atoms with E-state index in [-0.39, 0.29) is 10.6 Å². The molecule has 7 heteroatoms. The summed E-state index contributed by atoms with van der Waals surface area (Å²) in [6, 6.07) is 0.854. The van der Waals surface area contributed by atoms with Crippen molar-refractivity contribution >= 4 is 28.6 Å². The van der Waals surface area contributed by atoms with Crippen LogP contribution in [0.1, 0.15) is 16.1 Å². The Hall–Kier alpha value is -0.750. The molecule has 0 bridgehead atoms. The zero-order valence-corrected chi connectivity index (χ0v) is 9.00. The summed E-state index contributed by atoms with van der Waals surface area (Å²) in [5, 5.41) is -0.868. The number of halogens is 4. The summed E-state index contributed by atoms with van der Waals surface area (Å²) in [4.78, 5) is 14.3. The second-order valence-electron chi connectivity index (χ2n) is 2.55. The molecule has 0 unspecified atom stereocenters. The first-order chi connectivity index (χ1) is 6.86. The second kappa shape index (κ2) is 4.40. The van der Waals surface area contributed by atoms with Gasteiger partial charge in [-0.05, 0) is 23.9 Å². The molecule has 0 radical (unpaired) electrons. The molecule has 0 N–H and O–H groups in total. The summed E-state index contributed by atoms with van der Waals surface area (Å²) < 4.78 is 36.8. The van der Waals surface area contributed by atoms with E-state index in [1.54, 1.807) is 6.26 Å². The zero-order valence-electron chi connectivity index (χ0n) is 7.43. The predicted octanol–water partition coefficient (Wildman–Crippen LogP) is 3.20. The maximum atomic E-state index is 12.3. The van der Waals surface area contributed by atoms with E-state index < -0.39 is 17.0 Å². The van der Waals surface area contributed by atoms with Crippen LogP contribution in [0.3, 0.4) is 0 Å². The van der Waals surface area contributed by atoms with Crippen LogP contribution < -0.4 is 0 Å². The van der Waals surface area contributed by atoms with Gasteiger partial charge in [0.2, 0.25) is 0 Å². The second-order valence-corrected chi connectivity index (χ2v) is 3.74. The van der Waals surface area contributed by atoms with Gasteiger partial charge in [0, 0.05) is 11.1 Å². The maximum absolute atomic E-state index is 12.3. The molecule has 1 rings (SSSR count). The lowest BCUT2D eigenvalue weighted by atomic mass is 10.2. The third-order valence-corrected chi connectivity index (χ3v) is 2.52. The van der Waals surface area contributed by atoms with Crippen molar-refractivity contribution in [3.05, 3.63) is 23.5 Å². The lowest BCUT2D eigenvalue weighted by molar-refractivity contribution is -0.138. The van der Waals surface area contributed by atoms with Gasteiger partial charge in [-0.3, -0.25) is 4.79 Å². The van der Waals surface area contributed by atoms with Crippen molar-refractivity contribution in [2.24, 2.45) is 0 Å². The van der Waals surface area contributed by atoms with Crippen LogP contribution in [-0.2, 0) is 6.18 Å². The van der Waals surface area contributed by atoms with E-state index >= 15 is 0 Å². The number of alkyl halides is 3. The predicted molar refractivity (Wildman–Crippen MR) is 51.2 cm³/mol. The number of carbonyl (C=O) groups excluding carboxylic acids is 1. The van der Waals surface area contributed by atoms with E-state index in [1.807, 2.05) is 0 Å². The molecule has 0 fully saturated rings. The van der Waals surface area contributed by atoms with Crippen LogP contribution >= 0.6 is 23.4 Å². The molecule has 0 saturated heterocycles.